The van der Waals surface area contributed by atoms with Gasteiger partial charge in [-0.05, 0) is 36.4 Å². The summed E-state index contributed by atoms with van der Waals surface area (Å²) in [6.07, 6.45) is -4.87. The summed E-state index contributed by atoms with van der Waals surface area (Å²) < 4.78 is 63.7. The molecule has 2 rings (SSSR count). The van der Waals surface area contributed by atoms with E-state index in [4.69, 9.17) is 0 Å². The Labute approximate surface area is 135 Å². The van der Waals surface area contributed by atoms with E-state index >= 15 is 0 Å². The third-order valence-electron chi connectivity index (χ3n) is 2.70. The van der Waals surface area contributed by atoms with Gasteiger partial charge in [-0.15, -0.1) is 18.0 Å². The molecule has 2 N–H and O–H groups in total. The molecule has 2 aromatic carbocycles. The summed E-state index contributed by atoms with van der Waals surface area (Å²) in [7, 11) is -4.14. The highest BCUT2D eigenvalue weighted by Gasteiger charge is 2.31. The number of nitrogens with one attached hydrogen (secondary N) is 2. The Kier molecular flexibility index (Phi) is 5.10. The van der Waals surface area contributed by atoms with Crippen LogP contribution in [0.1, 0.15) is 10.4 Å². The van der Waals surface area contributed by atoms with E-state index in [1.165, 1.54) is 12.1 Å². The van der Waals surface area contributed by atoms with E-state index in [9.17, 15) is 26.4 Å². The number of ether oxygens (including phenoxy) is 1. The second kappa shape index (κ2) is 6.89. The van der Waals surface area contributed by atoms with Crippen LogP contribution in [0.5, 0.6) is 5.75 Å². The van der Waals surface area contributed by atoms with Gasteiger partial charge in [0.15, 0.2) is 0 Å². The maximum Gasteiger partial charge on any atom is 0.573 e. The van der Waals surface area contributed by atoms with Crippen LogP contribution in [-0.2, 0) is 10.0 Å². The smallest absolute Gasteiger partial charge is 0.406 e. The molecule has 0 saturated heterocycles. The molecule has 6 nitrogen and oxygen atoms in total. The summed E-state index contributed by atoms with van der Waals surface area (Å²) in [6, 6.07) is 11.4. The third kappa shape index (κ3) is 4.96. The van der Waals surface area contributed by atoms with E-state index < -0.39 is 28.0 Å². The Morgan fingerprint density at radius 3 is 2.08 bits per heavy atom. The summed E-state index contributed by atoms with van der Waals surface area (Å²) >= 11 is 0. The lowest BCUT2D eigenvalue weighted by Gasteiger charge is -2.10. The van der Waals surface area contributed by atoms with E-state index in [1.807, 2.05) is 10.3 Å². The van der Waals surface area contributed by atoms with Crippen molar-refractivity contribution in [3.63, 3.8) is 0 Å². The molecule has 0 aliphatic rings. The number of carbonyl (C=O) groups excluding carboxylic acids is 1. The molecule has 0 unspecified atom stereocenters. The van der Waals surface area contributed by atoms with Crippen LogP contribution in [0.3, 0.4) is 0 Å². The van der Waals surface area contributed by atoms with Crippen LogP contribution < -0.4 is 15.0 Å². The van der Waals surface area contributed by atoms with E-state index in [1.54, 1.807) is 18.2 Å². The highest BCUT2D eigenvalue weighted by atomic mass is 32.2. The fourth-order valence-corrected chi connectivity index (χ4v) is 2.49. The van der Waals surface area contributed by atoms with Gasteiger partial charge in [-0.3, -0.25) is 10.2 Å². The zero-order valence-electron chi connectivity index (χ0n) is 11.9. The van der Waals surface area contributed by atoms with Crippen molar-refractivity contribution >= 4 is 15.9 Å². The van der Waals surface area contributed by atoms with Crippen LogP contribution in [0, 0.1) is 0 Å². The number of carbonyl (C=O) groups is 1. The van der Waals surface area contributed by atoms with Gasteiger partial charge in [-0.2, -0.15) is 0 Å². The molecule has 0 saturated carbocycles. The predicted octanol–water partition coefficient (Wildman–Crippen LogP) is 2.21. The van der Waals surface area contributed by atoms with Gasteiger partial charge >= 0.3 is 6.36 Å². The SMILES string of the molecule is O=C(NNS(=O)(=O)c1ccc(OC(F)(F)F)cc1)c1ccccc1. The summed E-state index contributed by atoms with van der Waals surface area (Å²) in [5.41, 5.74) is 2.23. The van der Waals surface area contributed by atoms with Crippen molar-refractivity contribution < 1.29 is 31.1 Å². The van der Waals surface area contributed by atoms with Crippen molar-refractivity contribution in [3.05, 3.63) is 60.2 Å². The highest BCUT2D eigenvalue weighted by molar-refractivity contribution is 7.89. The molecule has 2 aromatic rings. The number of rotatable bonds is 5. The number of hydrazine groups is 1. The lowest BCUT2D eigenvalue weighted by molar-refractivity contribution is -0.274. The maximum atomic E-state index is 12.0. The van der Waals surface area contributed by atoms with Crippen LogP contribution in [0.4, 0.5) is 13.2 Å². The topological polar surface area (TPSA) is 84.5 Å². The Bertz CT molecular complexity index is 806. The second-order valence-electron chi connectivity index (χ2n) is 4.44. The zero-order chi connectivity index (χ0) is 17.8. The summed E-state index contributed by atoms with van der Waals surface area (Å²) in [6.45, 7) is 0. The van der Waals surface area contributed by atoms with Crippen molar-refractivity contribution in [1.29, 1.82) is 0 Å². The normalized spacial score (nSPS) is 11.8. The number of benzene rings is 2. The molecule has 0 heterocycles. The van der Waals surface area contributed by atoms with E-state index in [0.717, 1.165) is 24.3 Å². The Hall–Kier alpha value is -2.59. The first kappa shape index (κ1) is 17.8. The van der Waals surface area contributed by atoms with Gasteiger partial charge in [0.1, 0.15) is 5.75 Å². The first-order valence-corrected chi connectivity index (χ1v) is 7.89. The van der Waals surface area contributed by atoms with E-state index in [0.29, 0.717) is 0 Å². The minimum Gasteiger partial charge on any atom is -0.406 e. The van der Waals surface area contributed by atoms with Gasteiger partial charge in [0.2, 0.25) is 0 Å². The van der Waals surface area contributed by atoms with Gasteiger partial charge in [0.05, 0.1) is 4.90 Å². The van der Waals surface area contributed by atoms with Gasteiger partial charge in [0, 0.05) is 5.56 Å². The first-order chi connectivity index (χ1) is 11.2. The van der Waals surface area contributed by atoms with Crippen molar-refractivity contribution in [3.8, 4) is 5.75 Å². The molecule has 0 radical (unpaired) electrons. The molecule has 10 heteroatoms. The van der Waals surface area contributed by atoms with Crippen molar-refractivity contribution in [2.24, 2.45) is 0 Å². The van der Waals surface area contributed by atoms with Gasteiger partial charge in [-0.25, -0.2) is 8.42 Å². The highest BCUT2D eigenvalue weighted by Crippen LogP contribution is 2.23. The van der Waals surface area contributed by atoms with Crippen molar-refractivity contribution in [2.45, 2.75) is 11.3 Å². The Balaban J connectivity index is 2.04. The number of hydrogen-bond donors (Lipinski definition) is 2. The van der Waals surface area contributed by atoms with E-state index in [2.05, 4.69) is 4.74 Å². The molecule has 24 heavy (non-hydrogen) atoms. The molecule has 0 aromatic heterocycles. The summed E-state index contributed by atoms with van der Waals surface area (Å²) in [4.78, 5) is 13.3. The quantitative estimate of drug-likeness (QED) is 0.801. The number of sulfonamides is 1. The number of halogens is 3. The minimum absolute atomic E-state index is 0.231. The largest absolute Gasteiger partial charge is 0.573 e. The lowest BCUT2D eigenvalue weighted by Crippen LogP contribution is -2.41. The monoisotopic (exact) mass is 360 g/mol. The minimum atomic E-state index is -4.87. The summed E-state index contributed by atoms with van der Waals surface area (Å²) in [5, 5.41) is 0. The Morgan fingerprint density at radius 1 is 0.958 bits per heavy atom. The third-order valence-corrected chi connectivity index (χ3v) is 3.97. The molecule has 128 valence electrons. The van der Waals surface area contributed by atoms with E-state index in [-0.39, 0.29) is 10.5 Å². The molecule has 1 amide bonds. The van der Waals surface area contributed by atoms with Gasteiger partial charge < -0.3 is 4.74 Å². The number of amides is 1. The molecule has 0 fully saturated rings. The number of hydrogen-bond acceptors (Lipinski definition) is 4. The van der Waals surface area contributed by atoms with Crippen LogP contribution >= 0.6 is 0 Å². The average molecular weight is 360 g/mol. The summed E-state index contributed by atoms with van der Waals surface area (Å²) in [5.74, 6) is -1.24. The van der Waals surface area contributed by atoms with Crippen molar-refractivity contribution in [1.82, 2.24) is 10.3 Å². The zero-order valence-corrected chi connectivity index (χ0v) is 12.7. The molecule has 0 spiro atoms. The maximum absolute atomic E-state index is 12.0. The number of alkyl halides is 3. The first-order valence-electron chi connectivity index (χ1n) is 6.40. The standard InChI is InChI=1S/C14H11F3N2O4S/c15-14(16,17)23-11-6-8-12(9-7-11)24(21,22)19-18-13(20)10-4-2-1-3-5-10/h1-9,19H,(H,18,20). The van der Waals surface area contributed by atoms with Gasteiger partial charge in [0.25, 0.3) is 15.9 Å². The molecule has 0 aliphatic heterocycles. The van der Waals surface area contributed by atoms with Gasteiger partial charge in [-0.1, -0.05) is 18.2 Å². The molecule has 0 bridgehead atoms. The average Bonchev–Trinajstić information content (AvgIpc) is 2.52. The van der Waals surface area contributed by atoms with Crippen molar-refractivity contribution in [2.75, 3.05) is 0 Å². The molecular formula is C14H11F3N2O4S. The lowest BCUT2D eigenvalue weighted by atomic mass is 10.2. The van der Waals surface area contributed by atoms with Crippen LogP contribution in [0.2, 0.25) is 0 Å². The van der Waals surface area contributed by atoms with Crippen LogP contribution in [0.25, 0.3) is 0 Å². The molecule has 0 aliphatic carbocycles. The molecule has 0 atom stereocenters. The van der Waals surface area contributed by atoms with Crippen LogP contribution in [-0.4, -0.2) is 20.7 Å². The fraction of sp³-hybridized carbons (Fsp3) is 0.0714. The fourth-order valence-electron chi connectivity index (χ4n) is 1.65. The molecular weight excluding hydrogens is 349 g/mol. The van der Waals surface area contributed by atoms with Crippen LogP contribution in [0.15, 0.2) is 59.5 Å². The Morgan fingerprint density at radius 2 is 1.54 bits per heavy atom. The second-order valence-corrected chi connectivity index (χ2v) is 6.13. The predicted molar refractivity (Wildman–Crippen MR) is 77.4 cm³/mol.